The zero-order chi connectivity index (χ0) is 22.0. The minimum Gasteiger partial charge on any atom is -0.325 e. The van der Waals surface area contributed by atoms with Crippen molar-refractivity contribution >= 4 is 45.6 Å². The first-order valence-corrected chi connectivity index (χ1v) is 12.2. The maximum absolute atomic E-state index is 13.3. The van der Waals surface area contributed by atoms with E-state index in [4.69, 9.17) is 16.6 Å². The van der Waals surface area contributed by atoms with Crippen LogP contribution in [0.1, 0.15) is 37.7 Å². The van der Waals surface area contributed by atoms with Crippen molar-refractivity contribution < 1.29 is 13.8 Å². The van der Waals surface area contributed by atoms with E-state index in [-0.39, 0.29) is 18.4 Å². The van der Waals surface area contributed by atoms with E-state index in [0.717, 1.165) is 32.1 Å². The molecule has 6 nitrogen and oxygen atoms in total. The van der Waals surface area contributed by atoms with Gasteiger partial charge in [0.25, 0.3) is 5.91 Å². The third-order valence-electron chi connectivity index (χ3n) is 5.79. The van der Waals surface area contributed by atoms with E-state index in [1.807, 2.05) is 0 Å². The van der Waals surface area contributed by atoms with Crippen molar-refractivity contribution in [2.75, 3.05) is 18.1 Å². The first-order chi connectivity index (χ1) is 14.9. The molecule has 2 aromatic carbocycles. The number of carbonyl (C=O) groups excluding carboxylic acids is 2. The summed E-state index contributed by atoms with van der Waals surface area (Å²) < 4.78 is 11.7. The minimum atomic E-state index is -1.14. The molecule has 4 rings (SSSR count). The molecule has 0 saturated heterocycles. The Hall–Kier alpha value is -2.51. The van der Waals surface area contributed by atoms with E-state index < -0.39 is 16.5 Å². The number of rotatable bonds is 5. The molecule has 2 aliphatic rings. The Kier molecular flexibility index (Phi) is 6.25. The van der Waals surface area contributed by atoms with Gasteiger partial charge < -0.3 is 10.2 Å². The number of anilines is 1. The van der Waals surface area contributed by atoms with Crippen LogP contribution < -0.4 is 5.32 Å². The molecule has 1 aliphatic carbocycles. The van der Waals surface area contributed by atoms with Gasteiger partial charge in [-0.05, 0) is 56.0 Å². The van der Waals surface area contributed by atoms with Gasteiger partial charge in [-0.2, -0.15) is 0 Å². The predicted molar refractivity (Wildman–Crippen MR) is 123 cm³/mol. The van der Waals surface area contributed by atoms with Crippen LogP contribution in [0.15, 0.2) is 58.4 Å². The van der Waals surface area contributed by atoms with Crippen LogP contribution >= 0.6 is 11.6 Å². The molecule has 8 heteroatoms. The molecule has 1 N–H and O–H groups in total. The number of carbonyl (C=O) groups is 2. The van der Waals surface area contributed by atoms with Crippen molar-refractivity contribution in [3.63, 3.8) is 0 Å². The maximum atomic E-state index is 13.3. The third-order valence-corrected chi connectivity index (χ3v) is 6.96. The second-order valence-electron chi connectivity index (χ2n) is 7.93. The lowest BCUT2D eigenvalue weighted by molar-refractivity contribution is -0.134. The number of nitrogens with one attached hydrogen (secondary N) is 1. The number of benzene rings is 2. The van der Waals surface area contributed by atoms with Crippen LogP contribution in [-0.4, -0.2) is 45.1 Å². The molecule has 1 heterocycles. The monoisotopic (exact) mass is 457 g/mol. The second-order valence-corrected chi connectivity index (χ2v) is 9.75. The smallest absolute Gasteiger partial charge is 0.275 e. The molecular weight excluding hydrogens is 434 g/mol. The van der Waals surface area contributed by atoms with Gasteiger partial charge in [-0.25, -0.2) is 0 Å². The van der Waals surface area contributed by atoms with Crippen molar-refractivity contribution in [2.24, 2.45) is 4.99 Å². The van der Waals surface area contributed by atoms with E-state index in [2.05, 4.69) is 5.32 Å². The summed E-state index contributed by atoms with van der Waals surface area (Å²) in [4.78, 5) is 33.3. The van der Waals surface area contributed by atoms with Crippen molar-refractivity contribution in [3.05, 3.63) is 59.1 Å². The van der Waals surface area contributed by atoms with Crippen molar-refractivity contribution in [3.8, 4) is 0 Å². The average molecular weight is 458 g/mol. The molecule has 1 aliphatic heterocycles. The quantitative estimate of drug-likeness (QED) is 0.736. The van der Waals surface area contributed by atoms with Gasteiger partial charge in [0.1, 0.15) is 17.9 Å². The summed E-state index contributed by atoms with van der Waals surface area (Å²) in [5.74, 6) is -0.535. The first-order valence-electron chi connectivity index (χ1n) is 10.3. The molecule has 1 spiro atoms. The summed E-state index contributed by atoms with van der Waals surface area (Å²) in [5, 5.41) is 3.42. The zero-order valence-corrected chi connectivity index (χ0v) is 18.8. The van der Waals surface area contributed by atoms with E-state index in [9.17, 15) is 13.8 Å². The molecule has 1 atom stereocenters. The van der Waals surface area contributed by atoms with Crippen molar-refractivity contribution in [2.45, 2.75) is 42.7 Å². The average Bonchev–Trinajstić information content (AvgIpc) is 3.01. The molecule has 162 valence electrons. The Bertz CT molecular complexity index is 1060. The molecule has 0 radical (unpaired) electrons. The lowest BCUT2D eigenvalue weighted by atomic mass is 9.88. The summed E-state index contributed by atoms with van der Waals surface area (Å²) in [5.41, 5.74) is 0.977. The SMILES string of the molecule is CS(=O)c1cccc(NC(=O)CN2C(=O)C(c3ccc(Cl)cc3)=NC23CCCCC3)c1. The number of hydrogen-bond acceptors (Lipinski definition) is 4. The standard InChI is InChI=1S/C23H24ClN3O3S/c1-31(30)19-7-5-6-18(14-19)25-20(28)15-27-22(29)21(16-8-10-17(24)11-9-16)26-23(27)12-3-2-4-13-23/h5-11,14H,2-4,12-13,15H2,1H3,(H,25,28). The fraction of sp³-hybridized carbons (Fsp3) is 0.348. The minimum absolute atomic E-state index is 0.0845. The topological polar surface area (TPSA) is 78.8 Å². The maximum Gasteiger partial charge on any atom is 0.275 e. The molecule has 1 fully saturated rings. The van der Waals surface area contributed by atoms with Gasteiger partial charge in [-0.1, -0.05) is 36.2 Å². The molecule has 2 aromatic rings. The van der Waals surface area contributed by atoms with E-state index >= 15 is 0 Å². The Morgan fingerprint density at radius 2 is 1.87 bits per heavy atom. The molecule has 0 bridgehead atoms. The van der Waals surface area contributed by atoms with Crippen LogP contribution in [0.2, 0.25) is 5.02 Å². The number of amides is 2. The van der Waals surface area contributed by atoms with Gasteiger partial charge in [0.15, 0.2) is 0 Å². The Morgan fingerprint density at radius 1 is 1.16 bits per heavy atom. The highest BCUT2D eigenvalue weighted by molar-refractivity contribution is 7.84. The summed E-state index contributed by atoms with van der Waals surface area (Å²) >= 11 is 5.99. The third kappa shape index (κ3) is 4.57. The zero-order valence-electron chi connectivity index (χ0n) is 17.3. The van der Waals surface area contributed by atoms with Gasteiger partial charge in [0.05, 0.1) is 0 Å². The lowest BCUT2D eigenvalue weighted by Gasteiger charge is -2.38. The molecule has 1 unspecified atom stereocenters. The molecule has 31 heavy (non-hydrogen) atoms. The fourth-order valence-electron chi connectivity index (χ4n) is 4.24. The largest absolute Gasteiger partial charge is 0.325 e. The number of nitrogens with zero attached hydrogens (tertiary/aromatic N) is 2. The van der Waals surface area contributed by atoms with E-state index in [1.165, 1.54) is 0 Å². The highest BCUT2D eigenvalue weighted by Crippen LogP contribution is 2.39. The van der Waals surface area contributed by atoms with Gasteiger partial charge >= 0.3 is 0 Å². The molecular formula is C23H24ClN3O3S. The van der Waals surface area contributed by atoms with Gasteiger partial charge in [-0.15, -0.1) is 0 Å². The van der Waals surface area contributed by atoms with Gasteiger partial charge in [0.2, 0.25) is 5.91 Å². The van der Waals surface area contributed by atoms with Gasteiger partial charge in [0, 0.05) is 38.2 Å². The summed E-state index contributed by atoms with van der Waals surface area (Å²) in [6, 6.07) is 14.0. The number of aliphatic imine (C=N–C) groups is 1. The van der Waals surface area contributed by atoms with Crippen LogP contribution in [0.25, 0.3) is 0 Å². The summed E-state index contributed by atoms with van der Waals surface area (Å²) in [6.45, 7) is -0.0845. The number of hydrogen-bond donors (Lipinski definition) is 1. The summed E-state index contributed by atoms with van der Waals surface area (Å²) in [6.07, 6.45) is 6.11. The Labute approximate surface area is 189 Å². The normalized spacial score (nSPS) is 18.7. The van der Waals surface area contributed by atoms with E-state index in [0.29, 0.717) is 26.9 Å². The van der Waals surface area contributed by atoms with Crippen LogP contribution in [-0.2, 0) is 20.4 Å². The van der Waals surface area contributed by atoms with Crippen molar-refractivity contribution in [1.82, 2.24) is 4.90 Å². The highest BCUT2D eigenvalue weighted by Gasteiger charge is 2.48. The Balaban J connectivity index is 1.57. The first kappa shape index (κ1) is 21.7. The van der Waals surface area contributed by atoms with E-state index in [1.54, 1.807) is 59.7 Å². The molecule has 0 aromatic heterocycles. The molecule has 1 saturated carbocycles. The van der Waals surface area contributed by atoms with Crippen LogP contribution in [0, 0.1) is 0 Å². The van der Waals surface area contributed by atoms with Crippen LogP contribution in [0.5, 0.6) is 0 Å². The fourth-order valence-corrected chi connectivity index (χ4v) is 4.93. The number of halogens is 1. The predicted octanol–water partition coefficient (Wildman–Crippen LogP) is 4.01. The van der Waals surface area contributed by atoms with Crippen molar-refractivity contribution in [1.29, 1.82) is 0 Å². The second kappa shape index (κ2) is 8.93. The van der Waals surface area contributed by atoms with Gasteiger partial charge in [-0.3, -0.25) is 18.8 Å². The highest BCUT2D eigenvalue weighted by atomic mass is 35.5. The summed E-state index contributed by atoms with van der Waals surface area (Å²) in [7, 11) is -1.14. The van der Waals surface area contributed by atoms with Crippen LogP contribution in [0.3, 0.4) is 0 Å². The Morgan fingerprint density at radius 3 is 2.55 bits per heavy atom. The van der Waals surface area contributed by atoms with Crippen LogP contribution in [0.4, 0.5) is 5.69 Å². The lowest BCUT2D eigenvalue weighted by Crippen LogP contribution is -2.51. The molecule has 2 amide bonds.